The second-order valence-corrected chi connectivity index (χ2v) is 13.7. The van der Waals surface area contributed by atoms with Gasteiger partial charge in [0.1, 0.15) is 6.54 Å². The Morgan fingerprint density at radius 1 is 0.912 bits per heavy atom. The molecule has 2 heteroatoms. The van der Waals surface area contributed by atoms with Crippen molar-refractivity contribution < 1.29 is 4.58 Å². The lowest BCUT2D eigenvalue weighted by Crippen LogP contribution is -2.46. The average molecular weight is 466 g/mol. The first-order chi connectivity index (χ1) is 16.3. The quantitative estimate of drug-likeness (QED) is 0.375. The fraction of sp³-hybridized carbons (Fsp3) is 0.844. The number of hydrogen-bond donors (Lipinski definition) is 0. The van der Waals surface area contributed by atoms with E-state index in [1.54, 1.807) is 11.4 Å². The van der Waals surface area contributed by atoms with Crippen LogP contribution in [0, 0.1) is 34.5 Å². The number of fused-ring (bicyclic) bond motifs is 4. The maximum Gasteiger partial charge on any atom is 0.182 e. The van der Waals surface area contributed by atoms with Gasteiger partial charge in [-0.2, -0.15) is 0 Å². The normalized spacial score (nSPS) is 40.1. The van der Waals surface area contributed by atoms with E-state index in [4.69, 9.17) is 0 Å². The molecule has 5 aliphatic rings. The first-order valence-electron chi connectivity index (χ1n) is 15.0. The highest BCUT2D eigenvalue weighted by molar-refractivity contribution is 5.97. The molecule has 0 bridgehead atoms. The minimum absolute atomic E-state index is 0.291. The summed E-state index contributed by atoms with van der Waals surface area (Å²) in [5.41, 5.74) is 3.81. The van der Waals surface area contributed by atoms with Crippen molar-refractivity contribution in [2.45, 2.75) is 124 Å². The summed E-state index contributed by atoms with van der Waals surface area (Å²) in [6, 6.07) is 1.53. The smallest absolute Gasteiger partial charge is 0.182 e. The zero-order chi connectivity index (χ0) is 24.1. The molecule has 3 saturated carbocycles. The van der Waals surface area contributed by atoms with Gasteiger partial charge in [0, 0.05) is 49.0 Å². The highest BCUT2D eigenvalue weighted by Crippen LogP contribution is 2.55. The largest absolute Gasteiger partial charge is 0.374 e. The monoisotopic (exact) mass is 465 g/mol. The fourth-order valence-electron chi connectivity index (χ4n) is 9.73. The van der Waals surface area contributed by atoms with Gasteiger partial charge in [-0.1, -0.05) is 65.4 Å². The van der Waals surface area contributed by atoms with Gasteiger partial charge in [0.2, 0.25) is 0 Å². The molecule has 0 radical (unpaired) electrons. The highest BCUT2D eigenvalue weighted by Gasteiger charge is 2.59. The van der Waals surface area contributed by atoms with Gasteiger partial charge >= 0.3 is 0 Å². The van der Waals surface area contributed by atoms with Gasteiger partial charge in [0.25, 0.3) is 0 Å². The molecule has 2 aliphatic heterocycles. The van der Waals surface area contributed by atoms with Crippen molar-refractivity contribution in [2.24, 2.45) is 34.5 Å². The third-order valence-corrected chi connectivity index (χ3v) is 11.3. The van der Waals surface area contributed by atoms with Gasteiger partial charge in [-0.15, -0.1) is 0 Å². The third-order valence-electron chi connectivity index (χ3n) is 11.3. The lowest BCUT2D eigenvalue weighted by atomic mass is 9.57. The van der Waals surface area contributed by atoms with Crippen molar-refractivity contribution in [3.8, 4) is 0 Å². The molecule has 0 aromatic rings. The first-order valence-corrected chi connectivity index (χ1v) is 15.0. The van der Waals surface area contributed by atoms with Crippen LogP contribution in [0.1, 0.15) is 112 Å². The van der Waals surface area contributed by atoms with Crippen molar-refractivity contribution in [3.63, 3.8) is 0 Å². The minimum Gasteiger partial charge on any atom is -0.374 e. The Morgan fingerprint density at radius 2 is 1.65 bits per heavy atom. The van der Waals surface area contributed by atoms with E-state index in [0.717, 1.165) is 35.8 Å². The zero-order valence-electron chi connectivity index (χ0n) is 23.3. The molecule has 0 N–H and O–H groups in total. The molecule has 5 rings (SSSR count). The number of rotatable bonds is 5. The number of unbranched alkanes of at least 4 members (excludes halogenated alkanes) is 1. The Bertz CT molecular complexity index is 843. The molecule has 0 aromatic heterocycles. The second-order valence-electron chi connectivity index (χ2n) is 13.7. The highest BCUT2D eigenvalue weighted by atomic mass is 15.2. The van der Waals surface area contributed by atoms with Crippen molar-refractivity contribution in [1.29, 1.82) is 0 Å². The zero-order valence-corrected chi connectivity index (χ0v) is 23.3. The Morgan fingerprint density at radius 3 is 2.41 bits per heavy atom. The Hall–Kier alpha value is -1.05. The van der Waals surface area contributed by atoms with Crippen molar-refractivity contribution in [3.05, 3.63) is 23.9 Å². The summed E-state index contributed by atoms with van der Waals surface area (Å²) in [5, 5.41) is 0. The number of hydrogen-bond acceptors (Lipinski definition) is 1. The molecule has 3 aliphatic carbocycles. The van der Waals surface area contributed by atoms with Crippen LogP contribution in [-0.2, 0) is 0 Å². The minimum atomic E-state index is 0.291. The topological polar surface area (TPSA) is 6.25 Å². The van der Waals surface area contributed by atoms with E-state index < -0.39 is 0 Å². The van der Waals surface area contributed by atoms with Gasteiger partial charge in [-0.25, -0.2) is 4.58 Å². The maximum atomic E-state index is 2.90. The molecule has 0 amide bonds. The van der Waals surface area contributed by atoms with E-state index in [1.165, 1.54) is 83.6 Å². The number of nitrogens with zero attached hydrogens (tertiary/aromatic N) is 2. The molecule has 190 valence electrons. The van der Waals surface area contributed by atoms with Gasteiger partial charge in [0.15, 0.2) is 11.8 Å². The van der Waals surface area contributed by atoms with E-state index in [2.05, 4.69) is 69.4 Å². The van der Waals surface area contributed by atoms with Crippen LogP contribution in [0.3, 0.4) is 0 Å². The number of likely N-dealkylation sites (tertiary alicyclic amines) is 1. The summed E-state index contributed by atoms with van der Waals surface area (Å²) in [6.07, 6.45) is 24.6. The lowest BCUT2D eigenvalue weighted by molar-refractivity contribution is -0.569. The molecule has 2 heterocycles. The standard InChI is InChI=1S/C32H53N2/c1-7-8-22-34-27-21-20-23-14-9-10-15-24(23)30(27)32(4,5)29(34)19-13-18-28-31(2,3)25-16-11-12-17-26(25)33(28)6/h13,18-19,23-27,30H,7-12,14-17,20-22H2,1-6H3/q+1. The van der Waals surface area contributed by atoms with Gasteiger partial charge in [-0.05, 0) is 63.4 Å². The predicted molar refractivity (Wildman–Crippen MR) is 145 cm³/mol. The maximum absolute atomic E-state index is 2.90. The first kappa shape index (κ1) is 24.6. The lowest BCUT2D eigenvalue weighted by Gasteiger charge is -2.45. The van der Waals surface area contributed by atoms with E-state index >= 15 is 0 Å². The van der Waals surface area contributed by atoms with Crippen molar-refractivity contribution >= 4 is 5.71 Å². The molecule has 0 spiro atoms. The molecule has 0 aromatic carbocycles. The van der Waals surface area contributed by atoms with Crippen LogP contribution in [0.5, 0.6) is 0 Å². The summed E-state index contributed by atoms with van der Waals surface area (Å²) in [6.45, 7) is 13.8. The van der Waals surface area contributed by atoms with Crippen LogP contribution in [0.2, 0.25) is 0 Å². The predicted octanol–water partition coefficient (Wildman–Crippen LogP) is 7.84. The Kier molecular flexibility index (Phi) is 6.84. The van der Waals surface area contributed by atoms with Crippen LogP contribution in [0.15, 0.2) is 23.9 Å². The van der Waals surface area contributed by atoms with Crippen LogP contribution in [0.25, 0.3) is 0 Å². The summed E-state index contributed by atoms with van der Waals surface area (Å²) >= 11 is 0. The number of allylic oxidation sites excluding steroid dienone is 4. The van der Waals surface area contributed by atoms with Gasteiger partial charge < -0.3 is 4.90 Å². The molecule has 6 atom stereocenters. The van der Waals surface area contributed by atoms with Crippen LogP contribution in [0.4, 0.5) is 0 Å². The van der Waals surface area contributed by atoms with Crippen LogP contribution in [-0.4, -0.2) is 40.9 Å². The van der Waals surface area contributed by atoms with E-state index in [0.29, 0.717) is 10.8 Å². The Balaban J connectivity index is 1.46. The van der Waals surface area contributed by atoms with Crippen molar-refractivity contribution in [2.75, 3.05) is 13.6 Å². The van der Waals surface area contributed by atoms with Crippen molar-refractivity contribution in [1.82, 2.24) is 4.90 Å². The SMILES string of the molecule is CCCC[N+]1=C(/C=C/C=C2\N(C)C3CCCCC3C2(C)C)C(C)(C)C2C3CCCCC3CCC21. The molecule has 6 unspecified atom stereocenters. The fourth-order valence-corrected chi connectivity index (χ4v) is 9.73. The summed E-state index contributed by atoms with van der Waals surface area (Å²) in [7, 11) is 2.37. The summed E-state index contributed by atoms with van der Waals surface area (Å²) < 4.78 is 2.90. The second kappa shape index (κ2) is 9.44. The third kappa shape index (κ3) is 3.94. The molecular formula is C32H53N2+. The van der Waals surface area contributed by atoms with E-state index in [9.17, 15) is 0 Å². The van der Waals surface area contributed by atoms with Gasteiger partial charge in [0.05, 0.1) is 5.41 Å². The van der Waals surface area contributed by atoms with Gasteiger partial charge in [-0.3, -0.25) is 0 Å². The van der Waals surface area contributed by atoms with Crippen LogP contribution >= 0.6 is 0 Å². The molecule has 2 nitrogen and oxygen atoms in total. The van der Waals surface area contributed by atoms with E-state index in [-0.39, 0.29) is 0 Å². The molecule has 34 heavy (non-hydrogen) atoms. The summed E-state index contributed by atoms with van der Waals surface area (Å²) in [5.74, 6) is 3.64. The average Bonchev–Trinajstić information content (AvgIpc) is 3.17. The summed E-state index contributed by atoms with van der Waals surface area (Å²) in [4.78, 5) is 2.65. The molecule has 4 fully saturated rings. The van der Waals surface area contributed by atoms with Crippen LogP contribution < -0.4 is 0 Å². The Labute approximate surface area is 211 Å². The molecule has 1 saturated heterocycles. The van der Waals surface area contributed by atoms with E-state index in [1.807, 2.05) is 0 Å². The molecular weight excluding hydrogens is 412 g/mol.